The average molecular weight is 409 g/mol. The van der Waals surface area contributed by atoms with Gasteiger partial charge in [-0.1, -0.05) is 30.3 Å². The van der Waals surface area contributed by atoms with Gasteiger partial charge in [0.2, 0.25) is 5.91 Å². The highest BCUT2D eigenvalue weighted by Crippen LogP contribution is 2.27. The normalized spacial score (nSPS) is 27.8. The van der Waals surface area contributed by atoms with Crippen LogP contribution in [0.5, 0.6) is 0 Å². The molecule has 8 nitrogen and oxygen atoms in total. The second-order valence-corrected chi connectivity index (χ2v) is 9.43. The summed E-state index contributed by atoms with van der Waals surface area (Å²) in [5, 5.41) is 3.45. The van der Waals surface area contributed by atoms with Crippen LogP contribution in [0.15, 0.2) is 30.3 Å². The summed E-state index contributed by atoms with van der Waals surface area (Å²) in [5.74, 6) is 0.0850. The molecule has 0 unspecified atom stereocenters. The number of hydrogen-bond acceptors (Lipinski definition) is 5. The van der Waals surface area contributed by atoms with E-state index in [1.54, 1.807) is 4.90 Å². The lowest BCUT2D eigenvalue weighted by atomic mass is 10.1. The first kappa shape index (κ1) is 19.8. The van der Waals surface area contributed by atoms with Gasteiger partial charge in [0, 0.05) is 45.3 Å². The monoisotopic (exact) mass is 408 g/mol. The zero-order valence-corrected chi connectivity index (χ0v) is 16.8. The van der Waals surface area contributed by atoms with Crippen molar-refractivity contribution in [3.63, 3.8) is 0 Å². The number of piperazine rings is 1. The number of carbonyl (C=O) groups is 1. The Bertz CT molecular complexity index is 774. The fourth-order valence-corrected chi connectivity index (χ4v) is 5.75. The highest BCUT2D eigenvalue weighted by molar-refractivity contribution is 7.86. The molecule has 0 aliphatic carbocycles. The second kappa shape index (κ2) is 8.46. The first-order valence-electron chi connectivity index (χ1n) is 9.98. The van der Waals surface area contributed by atoms with E-state index in [9.17, 15) is 13.2 Å². The first-order valence-corrected chi connectivity index (χ1v) is 11.4. The quantitative estimate of drug-likeness (QED) is 0.770. The highest BCUT2D eigenvalue weighted by Gasteiger charge is 2.37. The van der Waals surface area contributed by atoms with Gasteiger partial charge in [0.25, 0.3) is 10.2 Å². The third kappa shape index (κ3) is 4.08. The lowest BCUT2D eigenvalue weighted by molar-refractivity contribution is -0.134. The molecule has 3 heterocycles. The van der Waals surface area contributed by atoms with Crippen molar-refractivity contribution in [3.05, 3.63) is 35.9 Å². The zero-order chi connectivity index (χ0) is 19.6. The minimum Gasteiger partial charge on any atom is -0.379 e. The second-order valence-electron chi connectivity index (χ2n) is 7.50. The maximum absolute atomic E-state index is 12.9. The van der Waals surface area contributed by atoms with E-state index in [1.165, 1.54) is 14.2 Å². The van der Waals surface area contributed by atoms with Crippen LogP contribution in [-0.4, -0.2) is 86.4 Å². The van der Waals surface area contributed by atoms with Gasteiger partial charge < -0.3 is 9.64 Å². The van der Waals surface area contributed by atoms with E-state index in [-0.39, 0.29) is 18.0 Å². The minimum absolute atomic E-state index is 0.0850. The summed E-state index contributed by atoms with van der Waals surface area (Å²) in [7, 11) is -3.46. The predicted octanol–water partition coefficient (Wildman–Crippen LogP) is 0.201. The van der Waals surface area contributed by atoms with Crippen molar-refractivity contribution in [2.24, 2.45) is 0 Å². The van der Waals surface area contributed by atoms with Gasteiger partial charge in [0.15, 0.2) is 0 Å². The molecular formula is C19H28N4O4S. The Kier molecular flexibility index (Phi) is 5.98. The van der Waals surface area contributed by atoms with Crippen LogP contribution in [0.25, 0.3) is 0 Å². The number of carbonyl (C=O) groups excluding carboxylic acids is 1. The first-order chi connectivity index (χ1) is 13.6. The number of nitrogens with one attached hydrogen (secondary N) is 1. The minimum atomic E-state index is -3.46. The smallest absolute Gasteiger partial charge is 0.282 e. The molecule has 0 saturated carbocycles. The number of morpholine rings is 1. The molecule has 1 aromatic carbocycles. The number of hydrogen-bond donors (Lipinski definition) is 1. The molecule has 1 amide bonds. The maximum atomic E-state index is 12.9. The van der Waals surface area contributed by atoms with Crippen molar-refractivity contribution >= 4 is 16.1 Å². The van der Waals surface area contributed by atoms with Crippen molar-refractivity contribution in [1.82, 2.24) is 18.8 Å². The maximum Gasteiger partial charge on any atom is 0.282 e. The van der Waals surface area contributed by atoms with Crippen LogP contribution >= 0.6 is 0 Å². The Balaban J connectivity index is 1.31. The fourth-order valence-electron chi connectivity index (χ4n) is 4.19. The largest absolute Gasteiger partial charge is 0.379 e. The molecular weight excluding hydrogens is 380 g/mol. The van der Waals surface area contributed by atoms with Gasteiger partial charge in [0.05, 0.1) is 19.3 Å². The van der Waals surface area contributed by atoms with Crippen LogP contribution < -0.4 is 5.32 Å². The summed E-state index contributed by atoms with van der Waals surface area (Å²) in [5.41, 5.74) is 1.21. The van der Waals surface area contributed by atoms with Gasteiger partial charge in [-0.05, 0) is 18.4 Å². The van der Waals surface area contributed by atoms with Crippen molar-refractivity contribution in [3.8, 4) is 0 Å². The molecule has 3 aliphatic rings. The molecule has 154 valence electrons. The number of ether oxygens (including phenoxy) is 1. The molecule has 28 heavy (non-hydrogen) atoms. The van der Waals surface area contributed by atoms with E-state index in [2.05, 4.69) is 17.4 Å². The van der Waals surface area contributed by atoms with Crippen molar-refractivity contribution in [2.75, 3.05) is 52.5 Å². The zero-order valence-electron chi connectivity index (χ0n) is 16.0. The number of benzene rings is 1. The third-order valence-electron chi connectivity index (χ3n) is 5.82. The molecule has 0 spiro atoms. The SMILES string of the molecule is O=C([C@H]1CC[C@H](c2ccccc2)N1)N1CCN(S(=O)(=O)N2CCOCC2)CC1. The van der Waals surface area contributed by atoms with Crippen molar-refractivity contribution in [1.29, 1.82) is 0 Å². The number of amides is 1. The lowest BCUT2D eigenvalue weighted by Crippen LogP contribution is -2.57. The topological polar surface area (TPSA) is 82.2 Å². The number of nitrogens with zero attached hydrogens (tertiary/aromatic N) is 3. The summed E-state index contributed by atoms with van der Waals surface area (Å²) in [4.78, 5) is 14.7. The summed E-state index contributed by atoms with van der Waals surface area (Å²) < 4.78 is 33.7. The molecule has 0 aromatic heterocycles. The standard InChI is InChI=1S/C19H28N4O4S/c24-19(18-7-6-17(20-18)16-4-2-1-3-5-16)21-8-10-22(11-9-21)28(25,26)23-12-14-27-15-13-23/h1-5,17-18,20H,6-15H2/t17-,18-/m1/s1. The summed E-state index contributed by atoms with van der Waals surface area (Å²) in [6.07, 6.45) is 1.75. The predicted molar refractivity (Wildman–Crippen MR) is 105 cm³/mol. The Morgan fingerprint density at radius 2 is 1.57 bits per heavy atom. The van der Waals surface area contributed by atoms with E-state index in [0.717, 1.165) is 12.8 Å². The molecule has 1 aromatic rings. The van der Waals surface area contributed by atoms with E-state index >= 15 is 0 Å². The van der Waals surface area contributed by atoms with Crippen LogP contribution in [0, 0.1) is 0 Å². The third-order valence-corrected chi connectivity index (χ3v) is 7.85. The number of rotatable bonds is 4. The van der Waals surface area contributed by atoms with E-state index < -0.39 is 10.2 Å². The Morgan fingerprint density at radius 1 is 0.929 bits per heavy atom. The van der Waals surface area contributed by atoms with Crippen LogP contribution in [-0.2, 0) is 19.7 Å². The van der Waals surface area contributed by atoms with Crippen molar-refractivity contribution < 1.29 is 17.9 Å². The molecule has 1 N–H and O–H groups in total. The fraction of sp³-hybridized carbons (Fsp3) is 0.632. The van der Waals surface area contributed by atoms with E-state index in [0.29, 0.717) is 52.5 Å². The van der Waals surface area contributed by atoms with Crippen LogP contribution in [0.1, 0.15) is 24.4 Å². The molecule has 0 radical (unpaired) electrons. The van der Waals surface area contributed by atoms with Gasteiger partial charge in [-0.3, -0.25) is 10.1 Å². The summed E-state index contributed by atoms with van der Waals surface area (Å²) in [6.45, 7) is 3.25. The molecule has 4 rings (SSSR count). The lowest BCUT2D eigenvalue weighted by Gasteiger charge is -2.38. The molecule has 3 aliphatic heterocycles. The van der Waals surface area contributed by atoms with Crippen LogP contribution in [0.4, 0.5) is 0 Å². The van der Waals surface area contributed by atoms with Gasteiger partial charge in [-0.15, -0.1) is 0 Å². The van der Waals surface area contributed by atoms with Gasteiger partial charge >= 0.3 is 0 Å². The summed E-state index contributed by atoms with van der Waals surface area (Å²) in [6, 6.07) is 10.2. The van der Waals surface area contributed by atoms with E-state index in [1.807, 2.05) is 18.2 Å². The van der Waals surface area contributed by atoms with Crippen LogP contribution in [0.2, 0.25) is 0 Å². The Hall–Kier alpha value is -1.52. The molecule has 0 bridgehead atoms. The van der Waals surface area contributed by atoms with Crippen molar-refractivity contribution in [2.45, 2.75) is 24.9 Å². The Morgan fingerprint density at radius 3 is 2.25 bits per heavy atom. The molecule has 3 saturated heterocycles. The summed E-state index contributed by atoms with van der Waals surface area (Å²) >= 11 is 0. The Labute approximate surface area is 166 Å². The van der Waals surface area contributed by atoms with E-state index in [4.69, 9.17) is 4.74 Å². The average Bonchev–Trinajstić information content (AvgIpc) is 3.25. The van der Waals surface area contributed by atoms with Crippen LogP contribution in [0.3, 0.4) is 0 Å². The molecule has 3 fully saturated rings. The molecule has 2 atom stereocenters. The van der Waals surface area contributed by atoms with Gasteiger partial charge in [-0.2, -0.15) is 17.0 Å². The van der Waals surface area contributed by atoms with Gasteiger partial charge in [0.1, 0.15) is 0 Å². The highest BCUT2D eigenvalue weighted by atomic mass is 32.2. The molecule has 9 heteroatoms. The van der Waals surface area contributed by atoms with Gasteiger partial charge in [-0.25, -0.2) is 0 Å².